The SMILES string of the molecule is CN=C(NCC(C)Oc1cccc(OC)c1)N1CCC(C)C(n2ccnc2)C1. The normalized spacial score (nSPS) is 21.3. The molecule has 152 valence electrons. The van der Waals surface area contributed by atoms with Gasteiger partial charge >= 0.3 is 0 Å². The highest BCUT2D eigenvalue weighted by molar-refractivity contribution is 5.80. The molecule has 0 amide bonds. The first-order chi connectivity index (χ1) is 13.6. The molecule has 28 heavy (non-hydrogen) atoms. The third-order valence-corrected chi connectivity index (χ3v) is 5.26. The van der Waals surface area contributed by atoms with Crippen LogP contribution in [0.15, 0.2) is 48.0 Å². The molecular formula is C21H31N5O2. The zero-order chi connectivity index (χ0) is 19.9. The summed E-state index contributed by atoms with van der Waals surface area (Å²) in [5.74, 6) is 3.12. The number of guanidine groups is 1. The Morgan fingerprint density at radius 2 is 2.21 bits per heavy atom. The molecule has 3 unspecified atom stereocenters. The van der Waals surface area contributed by atoms with Gasteiger partial charge in [-0.2, -0.15) is 0 Å². The molecule has 2 aromatic rings. The van der Waals surface area contributed by atoms with Crippen LogP contribution >= 0.6 is 0 Å². The summed E-state index contributed by atoms with van der Waals surface area (Å²) in [5.41, 5.74) is 0. The van der Waals surface area contributed by atoms with Gasteiger partial charge in [0, 0.05) is 38.6 Å². The maximum atomic E-state index is 6.01. The molecule has 3 rings (SSSR count). The molecule has 0 radical (unpaired) electrons. The van der Waals surface area contributed by atoms with Crippen molar-refractivity contribution in [2.75, 3.05) is 33.8 Å². The maximum Gasteiger partial charge on any atom is 0.193 e. The summed E-state index contributed by atoms with van der Waals surface area (Å²) in [6.45, 7) is 6.94. The average Bonchev–Trinajstić information content (AvgIpc) is 3.24. The fourth-order valence-electron chi connectivity index (χ4n) is 3.61. The first-order valence-corrected chi connectivity index (χ1v) is 9.84. The van der Waals surface area contributed by atoms with Crippen molar-refractivity contribution in [1.29, 1.82) is 0 Å². The molecule has 1 fully saturated rings. The molecule has 1 saturated heterocycles. The molecule has 7 heteroatoms. The second-order valence-electron chi connectivity index (χ2n) is 7.32. The van der Waals surface area contributed by atoms with Crippen molar-refractivity contribution in [1.82, 2.24) is 19.8 Å². The zero-order valence-corrected chi connectivity index (χ0v) is 17.2. The van der Waals surface area contributed by atoms with Crippen LogP contribution in [0.25, 0.3) is 0 Å². The van der Waals surface area contributed by atoms with Gasteiger partial charge in [0.25, 0.3) is 0 Å². The Hall–Kier alpha value is -2.70. The van der Waals surface area contributed by atoms with Gasteiger partial charge in [-0.1, -0.05) is 13.0 Å². The number of piperidine rings is 1. The molecule has 0 spiro atoms. The average molecular weight is 386 g/mol. The number of imidazole rings is 1. The van der Waals surface area contributed by atoms with Crippen molar-refractivity contribution in [3.05, 3.63) is 43.0 Å². The van der Waals surface area contributed by atoms with Gasteiger partial charge < -0.3 is 24.3 Å². The van der Waals surface area contributed by atoms with Crippen LogP contribution < -0.4 is 14.8 Å². The van der Waals surface area contributed by atoms with Crippen molar-refractivity contribution in [3.63, 3.8) is 0 Å². The Bertz CT molecular complexity index is 762. The van der Waals surface area contributed by atoms with E-state index in [1.165, 1.54) is 0 Å². The van der Waals surface area contributed by atoms with Crippen LogP contribution in [-0.4, -0.2) is 60.3 Å². The van der Waals surface area contributed by atoms with Gasteiger partial charge in [0.2, 0.25) is 0 Å². The minimum absolute atomic E-state index is 0.00276. The van der Waals surface area contributed by atoms with Gasteiger partial charge in [-0.05, 0) is 31.4 Å². The van der Waals surface area contributed by atoms with Crippen LogP contribution in [0, 0.1) is 5.92 Å². The van der Waals surface area contributed by atoms with Crippen LogP contribution in [0.1, 0.15) is 26.3 Å². The number of aromatic nitrogens is 2. The van der Waals surface area contributed by atoms with E-state index in [2.05, 4.69) is 31.7 Å². The summed E-state index contributed by atoms with van der Waals surface area (Å²) in [6.07, 6.45) is 6.92. The highest BCUT2D eigenvalue weighted by Crippen LogP contribution is 2.27. The number of hydrogen-bond donors (Lipinski definition) is 1. The summed E-state index contributed by atoms with van der Waals surface area (Å²) in [6, 6.07) is 8.08. The minimum atomic E-state index is -0.00276. The number of nitrogens with zero attached hydrogens (tertiary/aromatic N) is 4. The maximum absolute atomic E-state index is 6.01. The van der Waals surface area contributed by atoms with Crippen molar-refractivity contribution in [2.24, 2.45) is 10.9 Å². The number of nitrogens with one attached hydrogen (secondary N) is 1. The predicted octanol–water partition coefficient (Wildman–Crippen LogP) is 2.82. The van der Waals surface area contributed by atoms with E-state index in [4.69, 9.17) is 9.47 Å². The predicted molar refractivity (Wildman–Crippen MR) is 111 cm³/mol. The van der Waals surface area contributed by atoms with Gasteiger partial charge in [-0.25, -0.2) is 4.98 Å². The van der Waals surface area contributed by atoms with Gasteiger partial charge in [0.05, 0.1) is 26.0 Å². The number of ether oxygens (including phenoxy) is 2. The molecule has 3 atom stereocenters. The lowest BCUT2D eigenvalue weighted by Crippen LogP contribution is -2.50. The number of likely N-dealkylation sites (tertiary alicyclic amines) is 1. The van der Waals surface area contributed by atoms with Crippen LogP contribution in [-0.2, 0) is 0 Å². The second kappa shape index (κ2) is 9.48. The molecule has 0 bridgehead atoms. The van der Waals surface area contributed by atoms with E-state index in [1.807, 2.05) is 57.0 Å². The topological polar surface area (TPSA) is 63.9 Å². The first kappa shape index (κ1) is 20.0. The molecule has 2 heterocycles. The minimum Gasteiger partial charge on any atom is -0.497 e. The molecule has 1 N–H and O–H groups in total. The molecule has 1 aromatic carbocycles. The quantitative estimate of drug-likeness (QED) is 0.612. The van der Waals surface area contributed by atoms with Gasteiger partial charge in [0.1, 0.15) is 17.6 Å². The van der Waals surface area contributed by atoms with E-state index in [0.29, 0.717) is 18.5 Å². The third-order valence-electron chi connectivity index (χ3n) is 5.26. The van der Waals surface area contributed by atoms with Crippen molar-refractivity contribution >= 4 is 5.96 Å². The second-order valence-corrected chi connectivity index (χ2v) is 7.32. The summed E-state index contributed by atoms with van der Waals surface area (Å²) in [4.78, 5) is 11.0. The Kier molecular flexibility index (Phi) is 6.79. The molecule has 1 aromatic heterocycles. The molecule has 1 aliphatic rings. The standard InChI is InChI=1S/C21H31N5O2/c1-16-8-10-25(14-20(16)26-11-9-23-15-26)21(22-3)24-13-17(2)28-19-7-5-6-18(12-19)27-4/h5-7,9,11-12,15-17,20H,8,10,13-14H2,1-4H3,(H,22,24). The van der Waals surface area contributed by atoms with E-state index in [1.54, 1.807) is 7.11 Å². The smallest absolute Gasteiger partial charge is 0.193 e. The van der Waals surface area contributed by atoms with E-state index >= 15 is 0 Å². The van der Waals surface area contributed by atoms with Gasteiger partial charge in [-0.3, -0.25) is 4.99 Å². The van der Waals surface area contributed by atoms with E-state index in [9.17, 15) is 0 Å². The first-order valence-electron chi connectivity index (χ1n) is 9.84. The van der Waals surface area contributed by atoms with Crippen LogP contribution in [0.2, 0.25) is 0 Å². The lowest BCUT2D eigenvalue weighted by molar-refractivity contribution is 0.184. The zero-order valence-electron chi connectivity index (χ0n) is 17.2. The number of rotatable bonds is 6. The monoisotopic (exact) mass is 385 g/mol. The van der Waals surface area contributed by atoms with Crippen molar-refractivity contribution in [3.8, 4) is 11.5 Å². The number of aliphatic imine (C=N–C) groups is 1. The van der Waals surface area contributed by atoms with Crippen LogP contribution in [0.4, 0.5) is 0 Å². The van der Waals surface area contributed by atoms with Crippen LogP contribution in [0.3, 0.4) is 0 Å². The Balaban J connectivity index is 1.55. The molecule has 0 saturated carbocycles. The number of benzene rings is 1. The summed E-state index contributed by atoms with van der Waals surface area (Å²) in [5, 5.41) is 3.46. The van der Waals surface area contributed by atoms with Crippen molar-refractivity contribution in [2.45, 2.75) is 32.4 Å². The molecule has 1 aliphatic heterocycles. The fraction of sp³-hybridized carbons (Fsp3) is 0.524. The van der Waals surface area contributed by atoms with Crippen molar-refractivity contribution < 1.29 is 9.47 Å². The van der Waals surface area contributed by atoms with Gasteiger partial charge in [-0.15, -0.1) is 0 Å². The molecule has 7 nitrogen and oxygen atoms in total. The van der Waals surface area contributed by atoms with Crippen LogP contribution in [0.5, 0.6) is 11.5 Å². The summed E-state index contributed by atoms with van der Waals surface area (Å²) in [7, 11) is 3.49. The van der Waals surface area contributed by atoms with E-state index in [0.717, 1.165) is 37.0 Å². The number of hydrogen-bond acceptors (Lipinski definition) is 4. The van der Waals surface area contributed by atoms with Gasteiger partial charge in [0.15, 0.2) is 5.96 Å². The highest BCUT2D eigenvalue weighted by Gasteiger charge is 2.29. The third kappa shape index (κ3) is 4.97. The molecular weight excluding hydrogens is 354 g/mol. The summed E-state index contributed by atoms with van der Waals surface area (Å²) < 4.78 is 13.5. The molecule has 0 aliphatic carbocycles. The fourth-order valence-corrected chi connectivity index (χ4v) is 3.61. The number of methoxy groups -OCH3 is 1. The van der Waals surface area contributed by atoms with E-state index < -0.39 is 0 Å². The Morgan fingerprint density at radius 1 is 1.39 bits per heavy atom. The lowest BCUT2D eigenvalue weighted by Gasteiger charge is -2.39. The lowest BCUT2D eigenvalue weighted by atomic mass is 9.93. The Morgan fingerprint density at radius 3 is 2.93 bits per heavy atom. The summed E-state index contributed by atoms with van der Waals surface area (Å²) >= 11 is 0. The highest BCUT2D eigenvalue weighted by atomic mass is 16.5. The van der Waals surface area contributed by atoms with E-state index in [-0.39, 0.29) is 6.10 Å². The Labute approximate surface area is 167 Å². The largest absolute Gasteiger partial charge is 0.497 e.